The molecule has 0 bridgehead atoms. The van der Waals surface area contributed by atoms with Crippen LogP contribution in [-0.4, -0.2) is 34.1 Å². The molecule has 0 heterocycles. The van der Waals surface area contributed by atoms with Gasteiger partial charge in [-0.05, 0) is 5.56 Å². The second-order valence-electron chi connectivity index (χ2n) is 3.76. The number of rotatable bonds is 6. The van der Waals surface area contributed by atoms with Crippen LogP contribution in [0.3, 0.4) is 0 Å². The number of benzene rings is 1. The standard InChI is InChI=1S/C13H13NO5/c15-11(6-7-12(16)17)14-10(13(18)19)8-9-4-2-1-3-5-9/h1-7,10H,8H2,(H,14,15)(H,16,17)(H,18,19)/t10-/m0/s1. The maximum absolute atomic E-state index is 11.3. The van der Waals surface area contributed by atoms with Crippen molar-refractivity contribution in [1.29, 1.82) is 0 Å². The van der Waals surface area contributed by atoms with Gasteiger partial charge < -0.3 is 15.5 Å². The first kappa shape index (κ1) is 14.4. The number of carbonyl (C=O) groups is 3. The third kappa shape index (κ3) is 5.49. The lowest BCUT2D eigenvalue weighted by atomic mass is 10.1. The van der Waals surface area contributed by atoms with Crippen molar-refractivity contribution in [2.75, 3.05) is 0 Å². The second-order valence-corrected chi connectivity index (χ2v) is 3.76. The minimum absolute atomic E-state index is 0.128. The first-order valence-corrected chi connectivity index (χ1v) is 5.47. The van der Waals surface area contributed by atoms with E-state index in [1.807, 2.05) is 0 Å². The summed E-state index contributed by atoms with van der Waals surface area (Å²) in [5.74, 6) is -3.21. The summed E-state index contributed by atoms with van der Waals surface area (Å²) in [4.78, 5) is 32.6. The zero-order chi connectivity index (χ0) is 14.3. The number of carboxylic acid groups (broad SMARTS) is 2. The zero-order valence-electron chi connectivity index (χ0n) is 9.95. The fraction of sp³-hybridized carbons (Fsp3) is 0.154. The lowest BCUT2D eigenvalue weighted by molar-refractivity contribution is -0.141. The molecule has 0 fully saturated rings. The largest absolute Gasteiger partial charge is 0.480 e. The molecule has 0 saturated heterocycles. The number of hydrogen-bond acceptors (Lipinski definition) is 3. The minimum Gasteiger partial charge on any atom is -0.480 e. The van der Waals surface area contributed by atoms with Crippen molar-refractivity contribution in [1.82, 2.24) is 5.32 Å². The third-order valence-corrected chi connectivity index (χ3v) is 2.27. The minimum atomic E-state index is -1.27. The van der Waals surface area contributed by atoms with E-state index in [9.17, 15) is 14.4 Å². The van der Waals surface area contributed by atoms with Crippen LogP contribution in [0.25, 0.3) is 0 Å². The van der Waals surface area contributed by atoms with Gasteiger partial charge in [-0.15, -0.1) is 0 Å². The second kappa shape index (κ2) is 6.95. The topological polar surface area (TPSA) is 104 Å². The molecule has 100 valence electrons. The fourth-order valence-electron chi connectivity index (χ4n) is 1.42. The quantitative estimate of drug-likeness (QED) is 0.646. The van der Waals surface area contributed by atoms with E-state index in [-0.39, 0.29) is 6.42 Å². The van der Waals surface area contributed by atoms with Gasteiger partial charge in [0, 0.05) is 18.6 Å². The molecule has 0 aliphatic heterocycles. The van der Waals surface area contributed by atoms with Crippen LogP contribution in [0.1, 0.15) is 5.56 Å². The number of carbonyl (C=O) groups excluding carboxylic acids is 1. The molecule has 6 heteroatoms. The van der Waals surface area contributed by atoms with Crippen molar-refractivity contribution in [2.45, 2.75) is 12.5 Å². The van der Waals surface area contributed by atoms with Gasteiger partial charge in [0.1, 0.15) is 6.04 Å². The van der Waals surface area contributed by atoms with Gasteiger partial charge in [0.15, 0.2) is 0 Å². The Hall–Kier alpha value is -2.63. The molecule has 0 aromatic heterocycles. The third-order valence-electron chi connectivity index (χ3n) is 2.27. The molecule has 1 aromatic rings. The summed E-state index contributed by atoms with van der Waals surface area (Å²) >= 11 is 0. The number of amides is 1. The van der Waals surface area contributed by atoms with Gasteiger partial charge in [0.05, 0.1) is 0 Å². The van der Waals surface area contributed by atoms with Gasteiger partial charge in [-0.2, -0.15) is 0 Å². The van der Waals surface area contributed by atoms with E-state index in [0.29, 0.717) is 6.08 Å². The summed E-state index contributed by atoms with van der Waals surface area (Å²) in [5.41, 5.74) is 0.761. The van der Waals surface area contributed by atoms with E-state index >= 15 is 0 Å². The Balaban J connectivity index is 2.66. The van der Waals surface area contributed by atoms with Crippen LogP contribution in [0, 0.1) is 0 Å². The summed E-state index contributed by atoms with van der Waals surface area (Å²) in [6.07, 6.45) is 1.56. The maximum Gasteiger partial charge on any atom is 0.328 e. The Morgan fingerprint density at radius 1 is 1.11 bits per heavy atom. The highest BCUT2D eigenvalue weighted by Gasteiger charge is 2.19. The predicted octanol–water partition coefficient (Wildman–Crippen LogP) is 0.439. The Kier molecular flexibility index (Phi) is 5.28. The monoisotopic (exact) mass is 263 g/mol. The molecule has 1 atom stereocenters. The van der Waals surface area contributed by atoms with Crippen LogP contribution >= 0.6 is 0 Å². The fourth-order valence-corrected chi connectivity index (χ4v) is 1.42. The molecular formula is C13H13NO5. The first-order valence-electron chi connectivity index (χ1n) is 5.47. The highest BCUT2D eigenvalue weighted by molar-refractivity contribution is 5.95. The van der Waals surface area contributed by atoms with E-state index in [1.54, 1.807) is 30.3 Å². The number of nitrogens with one attached hydrogen (secondary N) is 1. The summed E-state index contributed by atoms with van der Waals surface area (Å²) in [7, 11) is 0. The predicted molar refractivity (Wildman–Crippen MR) is 66.5 cm³/mol. The summed E-state index contributed by atoms with van der Waals surface area (Å²) in [6, 6.07) is 7.71. The van der Waals surface area contributed by atoms with Gasteiger partial charge in [-0.25, -0.2) is 9.59 Å². The van der Waals surface area contributed by atoms with Crippen LogP contribution in [0.15, 0.2) is 42.5 Å². The molecule has 0 aliphatic rings. The van der Waals surface area contributed by atoms with Gasteiger partial charge in [-0.3, -0.25) is 4.79 Å². The molecule has 0 unspecified atom stereocenters. The molecule has 0 saturated carbocycles. The molecular weight excluding hydrogens is 250 g/mol. The highest BCUT2D eigenvalue weighted by Crippen LogP contribution is 2.03. The number of hydrogen-bond donors (Lipinski definition) is 3. The van der Waals surface area contributed by atoms with Crippen molar-refractivity contribution in [2.24, 2.45) is 0 Å². The normalized spacial score (nSPS) is 12.0. The average Bonchev–Trinajstić information content (AvgIpc) is 2.36. The smallest absolute Gasteiger partial charge is 0.328 e. The summed E-state index contributed by atoms with van der Waals surface area (Å²) < 4.78 is 0. The average molecular weight is 263 g/mol. The van der Waals surface area contributed by atoms with Crippen molar-refractivity contribution in [3.05, 3.63) is 48.0 Å². The Bertz CT molecular complexity index is 495. The Morgan fingerprint density at radius 2 is 1.74 bits per heavy atom. The Morgan fingerprint density at radius 3 is 2.26 bits per heavy atom. The number of carboxylic acids is 2. The van der Waals surface area contributed by atoms with Crippen molar-refractivity contribution in [3.8, 4) is 0 Å². The van der Waals surface area contributed by atoms with Crippen molar-refractivity contribution < 1.29 is 24.6 Å². The van der Waals surface area contributed by atoms with E-state index in [2.05, 4.69) is 5.32 Å². The summed E-state index contributed by atoms with van der Waals surface area (Å²) in [5, 5.41) is 19.6. The van der Waals surface area contributed by atoms with Crippen molar-refractivity contribution in [3.63, 3.8) is 0 Å². The van der Waals surface area contributed by atoms with Crippen LogP contribution in [0.4, 0.5) is 0 Å². The lowest BCUT2D eigenvalue weighted by Crippen LogP contribution is -2.41. The Labute approximate surface area is 109 Å². The SMILES string of the molecule is O=C(O)C=CC(=O)N[C@@H](Cc1ccccc1)C(=O)O. The molecule has 1 rings (SSSR count). The molecule has 0 radical (unpaired) electrons. The van der Waals surface area contributed by atoms with Gasteiger partial charge >= 0.3 is 11.9 Å². The molecule has 19 heavy (non-hydrogen) atoms. The molecule has 0 spiro atoms. The molecule has 3 N–H and O–H groups in total. The van der Waals surface area contributed by atoms with Gasteiger partial charge in [-0.1, -0.05) is 30.3 Å². The van der Waals surface area contributed by atoms with Crippen LogP contribution in [0.2, 0.25) is 0 Å². The van der Waals surface area contributed by atoms with E-state index in [4.69, 9.17) is 10.2 Å². The first-order chi connectivity index (χ1) is 8.99. The molecule has 0 aliphatic carbocycles. The molecule has 1 amide bonds. The van der Waals surface area contributed by atoms with Crippen LogP contribution in [0.5, 0.6) is 0 Å². The zero-order valence-corrected chi connectivity index (χ0v) is 9.95. The van der Waals surface area contributed by atoms with E-state index in [1.165, 1.54) is 0 Å². The molecule has 6 nitrogen and oxygen atoms in total. The van der Waals surface area contributed by atoms with E-state index in [0.717, 1.165) is 11.6 Å². The molecule has 1 aromatic carbocycles. The van der Waals surface area contributed by atoms with Gasteiger partial charge in [0.2, 0.25) is 5.91 Å². The van der Waals surface area contributed by atoms with Crippen molar-refractivity contribution >= 4 is 17.8 Å². The maximum atomic E-state index is 11.3. The lowest BCUT2D eigenvalue weighted by Gasteiger charge is -2.13. The van der Waals surface area contributed by atoms with Gasteiger partial charge in [0.25, 0.3) is 0 Å². The van der Waals surface area contributed by atoms with Crippen LogP contribution in [-0.2, 0) is 20.8 Å². The van der Waals surface area contributed by atoms with E-state index < -0.39 is 23.9 Å². The number of aliphatic carboxylic acids is 2. The summed E-state index contributed by atoms with van der Waals surface area (Å²) in [6.45, 7) is 0. The highest BCUT2D eigenvalue weighted by atomic mass is 16.4. The van der Waals surface area contributed by atoms with Crippen LogP contribution < -0.4 is 5.32 Å².